The summed E-state index contributed by atoms with van der Waals surface area (Å²) in [7, 11) is 0. The van der Waals surface area contributed by atoms with Crippen molar-refractivity contribution in [2.75, 3.05) is 11.9 Å². The maximum absolute atomic E-state index is 13.2. The van der Waals surface area contributed by atoms with Gasteiger partial charge in [-0.2, -0.15) is 0 Å². The van der Waals surface area contributed by atoms with Gasteiger partial charge in [0.1, 0.15) is 5.82 Å². The summed E-state index contributed by atoms with van der Waals surface area (Å²) < 4.78 is 38.6. The van der Waals surface area contributed by atoms with E-state index < -0.39 is 17.5 Å². The molecule has 2 rings (SSSR count). The maximum Gasteiger partial charge on any atom is 0.239 e. The minimum atomic E-state index is -1.25. The number of amides is 1. The van der Waals surface area contributed by atoms with E-state index in [2.05, 4.69) is 10.6 Å². The molecule has 92 valence electrons. The normalized spacial score (nSPS) is 14.5. The Hall–Kier alpha value is -1.72. The molecule has 1 aromatic rings. The molecule has 1 fully saturated rings. The highest BCUT2D eigenvalue weighted by Gasteiger charge is 2.23. The topological polar surface area (TPSA) is 41.1 Å². The summed E-state index contributed by atoms with van der Waals surface area (Å²) in [6.07, 6.45) is 1.90. The number of nitrogens with one attached hydrogen (secondary N) is 2. The van der Waals surface area contributed by atoms with Gasteiger partial charge in [-0.3, -0.25) is 4.79 Å². The fourth-order valence-electron chi connectivity index (χ4n) is 1.34. The van der Waals surface area contributed by atoms with Crippen LogP contribution in [0.4, 0.5) is 18.9 Å². The molecule has 1 aromatic carbocycles. The predicted octanol–water partition coefficient (Wildman–Crippen LogP) is 1.79. The van der Waals surface area contributed by atoms with Crippen LogP contribution < -0.4 is 10.6 Å². The van der Waals surface area contributed by atoms with Gasteiger partial charge < -0.3 is 10.6 Å². The Kier molecular flexibility index (Phi) is 3.21. The van der Waals surface area contributed by atoms with Crippen LogP contribution in [0.2, 0.25) is 0 Å². The van der Waals surface area contributed by atoms with Crippen LogP contribution in [0, 0.1) is 17.5 Å². The number of anilines is 1. The molecule has 3 nitrogen and oxygen atoms in total. The van der Waals surface area contributed by atoms with Crippen molar-refractivity contribution < 1.29 is 18.0 Å². The van der Waals surface area contributed by atoms with Crippen LogP contribution in [0.5, 0.6) is 0 Å². The zero-order chi connectivity index (χ0) is 12.4. The van der Waals surface area contributed by atoms with Gasteiger partial charge in [-0.25, -0.2) is 13.2 Å². The molecule has 2 N–H and O–H groups in total. The van der Waals surface area contributed by atoms with E-state index in [1.54, 1.807) is 0 Å². The van der Waals surface area contributed by atoms with Crippen LogP contribution in [0.3, 0.4) is 0 Å². The highest BCUT2D eigenvalue weighted by molar-refractivity contribution is 5.81. The van der Waals surface area contributed by atoms with E-state index >= 15 is 0 Å². The lowest BCUT2D eigenvalue weighted by Crippen LogP contribution is -2.31. The second-order valence-corrected chi connectivity index (χ2v) is 3.94. The van der Waals surface area contributed by atoms with E-state index in [-0.39, 0.29) is 24.2 Å². The Morgan fingerprint density at radius 1 is 1.18 bits per heavy atom. The summed E-state index contributed by atoms with van der Waals surface area (Å²) >= 11 is 0. The zero-order valence-electron chi connectivity index (χ0n) is 8.90. The van der Waals surface area contributed by atoms with Gasteiger partial charge in [-0.1, -0.05) is 0 Å². The molecule has 0 radical (unpaired) electrons. The summed E-state index contributed by atoms with van der Waals surface area (Å²) in [5.74, 6) is -3.63. The van der Waals surface area contributed by atoms with Gasteiger partial charge in [-0.05, 0) is 12.8 Å². The Labute approximate surface area is 96.0 Å². The van der Waals surface area contributed by atoms with Crippen LogP contribution in [0.1, 0.15) is 12.8 Å². The molecule has 1 aliphatic rings. The minimum Gasteiger partial charge on any atom is -0.374 e. The molecule has 0 bridgehead atoms. The lowest BCUT2D eigenvalue weighted by molar-refractivity contribution is -0.119. The van der Waals surface area contributed by atoms with Crippen molar-refractivity contribution in [2.24, 2.45) is 0 Å². The monoisotopic (exact) mass is 244 g/mol. The fraction of sp³-hybridized carbons (Fsp3) is 0.364. The van der Waals surface area contributed by atoms with E-state index in [1.807, 2.05) is 0 Å². The van der Waals surface area contributed by atoms with Crippen molar-refractivity contribution >= 4 is 11.6 Å². The van der Waals surface area contributed by atoms with E-state index in [1.165, 1.54) is 0 Å². The maximum atomic E-state index is 13.2. The van der Waals surface area contributed by atoms with E-state index in [0.29, 0.717) is 12.1 Å². The molecule has 0 atom stereocenters. The Balaban J connectivity index is 1.93. The summed E-state index contributed by atoms with van der Waals surface area (Å²) in [6.45, 7) is -0.168. The highest BCUT2D eigenvalue weighted by atomic mass is 19.2. The van der Waals surface area contributed by atoms with E-state index in [9.17, 15) is 18.0 Å². The molecule has 1 saturated carbocycles. The fourth-order valence-corrected chi connectivity index (χ4v) is 1.34. The number of benzene rings is 1. The first-order chi connectivity index (χ1) is 8.06. The van der Waals surface area contributed by atoms with Crippen LogP contribution in [0.25, 0.3) is 0 Å². The van der Waals surface area contributed by atoms with Crippen molar-refractivity contribution in [3.05, 3.63) is 29.6 Å². The zero-order valence-corrected chi connectivity index (χ0v) is 8.90. The average Bonchev–Trinajstić information content (AvgIpc) is 3.05. The molecule has 6 heteroatoms. The Bertz CT molecular complexity index is 447. The van der Waals surface area contributed by atoms with Crippen LogP contribution in [-0.2, 0) is 4.79 Å². The molecular formula is C11H11F3N2O. The lowest BCUT2D eigenvalue weighted by atomic mass is 10.3. The second-order valence-electron chi connectivity index (χ2n) is 3.94. The van der Waals surface area contributed by atoms with Gasteiger partial charge in [-0.15, -0.1) is 0 Å². The summed E-state index contributed by atoms with van der Waals surface area (Å²) in [4.78, 5) is 11.3. The van der Waals surface area contributed by atoms with Gasteiger partial charge in [0, 0.05) is 18.2 Å². The first-order valence-corrected chi connectivity index (χ1v) is 5.24. The molecular weight excluding hydrogens is 233 g/mol. The standard InChI is InChI=1S/C11H11F3N2O/c12-7-3-9(14)10(4-8(7)13)15-5-11(17)16-6-1-2-6/h3-4,6,15H,1-2,5H2,(H,16,17). The van der Waals surface area contributed by atoms with Crippen molar-refractivity contribution in [1.82, 2.24) is 5.32 Å². The predicted molar refractivity (Wildman–Crippen MR) is 56.0 cm³/mol. The van der Waals surface area contributed by atoms with Crippen molar-refractivity contribution in [3.8, 4) is 0 Å². The van der Waals surface area contributed by atoms with Gasteiger partial charge in [0.25, 0.3) is 0 Å². The highest BCUT2D eigenvalue weighted by Crippen LogP contribution is 2.19. The molecule has 0 aromatic heterocycles. The molecule has 17 heavy (non-hydrogen) atoms. The minimum absolute atomic E-state index is 0.168. The first-order valence-electron chi connectivity index (χ1n) is 5.24. The van der Waals surface area contributed by atoms with Crippen LogP contribution >= 0.6 is 0 Å². The van der Waals surface area contributed by atoms with Crippen molar-refractivity contribution in [3.63, 3.8) is 0 Å². The first kappa shape index (κ1) is 11.8. The molecule has 0 saturated heterocycles. The molecule has 1 aliphatic carbocycles. The largest absolute Gasteiger partial charge is 0.374 e. The number of carbonyl (C=O) groups excluding carboxylic acids is 1. The van der Waals surface area contributed by atoms with Crippen LogP contribution in [0.15, 0.2) is 12.1 Å². The SMILES string of the molecule is O=C(CNc1cc(F)c(F)cc1F)NC1CC1. The number of rotatable bonds is 4. The summed E-state index contributed by atoms with van der Waals surface area (Å²) in [5, 5.41) is 5.10. The third-order valence-corrected chi connectivity index (χ3v) is 2.39. The number of hydrogen-bond donors (Lipinski definition) is 2. The number of carbonyl (C=O) groups is 1. The van der Waals surface area contributed by atoms with Gasteiger partial charge in [0.15, 0.2) is 11.6 Å². The van der Waals surface area contributed by atoms with E-state index in [0.717, 1.165) is 12.8 Å². The van der Waals surface area contributed by atoms with Crippen molar-refractivity contribution in [1.29, 1.82) is 0 Å². The molecule has 0 heterocycles. The molecule has 0 spiro atoms. The number of halogens is 3. The second kappa shape index (κ2) is 4.65. The Morgan fingerprint density at radius 3 is 2.47 bits per heavy atom. The third kappa shape index (κ3) is 3.12. The van der Waals surface area contributed by atoms with Crippen molar-refractivity contribution in [2.45, 2.75) is 18.9 Å². The smallest absolute Gasteiger partial charge is 0.239 e. The average molecular weight is 244 g/mol. The summed E-state index contributed by atoms with van der Waals surface area (Å²) in [5.41, 5.74) is -0.227. The molecule has 0 unspecified atom stereocenters. The van der Waals surface area contributed by atoms with Crippen LogP contribution in [-0.4, -0.2) is 18.5 Å². The van der Waals surface area contributed by atoms with Gasteiger partial charge >= 0.3 is 0 Å². The number of hydrogen-bond acceptors (Lipinski definition) is 2. The van der Waals surface area contributed by atoms with E-state index in [4.69, 9.17) is 0 Å². The van der Waals surface area contributed by atoms with Gasteiger partial charge in [0.2, 0.25) is 5.91 Å². The third-order valence-electron chi connectivity index (χ3n) is 2.39. The lowest BCUT2D eigenvalue weighted by Gasteiger charge is -2.08. The Morgan fingerprint density at radius 2 is 1.82 bits per heavy atom. The molecule has 0 aliphatic heterocycles. The van der Waals surface area contributed by atoms with Gasteiger partial charge in [0.05, 0.1) is 12.2 Å². The summed E-state index contributed by atoms with van der Waals surface area (Å²) in [6, 6.07) is 1.34. The quantitative estimate of drug-likeness (QED) is 0.793. The molecule has 1 amide bonds.